The van der Waals surface area contributed by atoms with E-state index in [0.717, 1.165) is 0 Å². The molecule has 0 spiro atoms. The summed E-state index contributed by atoms with van der Waals surface area (Å²) in [4.78, 5) is 8.12. The van der Waals surface area contributed by atoms with Gasteiger partial charge in [0.05, 0.1) is 14.2 Å². The summed E-state index contributed by atoms with van der Waals surface area (Å²) in [7, 11) is 3.11. The van der Waals surface area contributed by atoms with E-state index in [2.05, 4.69) is 9.97 Å². The first-order valence-electron chi connectivity index (χ1n) is 5.54. The van der Waals surface area contributed by atoms with Crippen molar-refractivity contribution < 1.29 is 14.2 Å². The molecule has 1 heterocycles. The van der Waals surface area contributed by atoms with Crippen molar-refractivity contribution in [1.82, 2.24) is 9.97 Å². The topological polar surface area (TPSA) is 53.5 Å². The molecule has 0 amide bonds. The molecule has 100 valence electrons. The summed E-state index contributed by atoms with van der Waals surface area (Å²) in [5, 5.41) is 0.316. The first kappa shape index (κ1) is 13.4. The molecule has 1 aromatic carbocycles. The number of methoxy groups -OCH3 is 2. The van der Waals surface area contributed by atoms with Gasteiger partial charge in [-0.2, -0.15) is 4.98 Å². The van der Waals surface area contributed by atoms with Crippen molar-refractivity contribution in [2.75, 3.05) is 14.2 Å². The van der Waals surface area contributed by atoms with Gasteiger partial charge in [-0.1, -0.05) is 17.7 Å². The minimum Gasteiger partial charge on any atom is -0.493 e. The Morgan fingerprint density at radius 2 is 1.68 bits per heavy atom. The zero-order valence-electron chi connectivity index (χ0n) is 10.8. The quantitative estimate of drug-likeness (QED) is 0.805. The first-order valence-corrected chi connectivity index (χ1v) is 5.92. The summed E-state index contributed by atoms with van der Waals surface area (Å²) < 4.78 is 16.2. The van der Waals surface area contributed by atoms with Gasteiger partial charge in [0.1, 0.15) is 11.0 Å². The lowest BCUT2D eigenvalue weighted by atomic mass is 10.3. The van der Waals surface area contributed by atoms with E-state index in [9.17, 15) is 0 Å². The minimum atomic E-state index is 0.316. The Balaban J connectivity index is 2.41. The summed E-state index contributed by atoms with van der Waals surface area (Å²) in [5.74, 6) is 2.40. The summed E-state index contributed by atoms with van der Waals surface area (Å²) in [6.45, 7) is 1.73. The molecule has 0 saturated heterocycles. The van der Waals surface area contributed by atoms with Crippen LogP contribution in [0.4, 0.5) is 0 Å². The van der Waals surface area contributed by atoms with Crippen LogP contribution in [0, 0.1) is 6.92 Å². The molecular weight excluding hydrogens is 268 g/mol. The van der Waals surface area contributed by atoms with Crippen molar-refractivity contribution in [3.8, 4) is 23.1 Å². The number of nitrogens with zero attached hydrogens (tertiary/aromatic N) is 2. The highest BCUT2D eigenvalue weighted by Crippen LogP contribution is 2.39. The van der Waals surface area contributed by atoms with Crippen molar-refractivity contribution in [2.24, 2.45) is 0 Å². The second-order valence-corrected chi connectivity index (χ2v) is 4.06. The molecule has 5 nitrogen and oxygen atoms in total. The van der Waals surface area contributed by atoms with Crippen molar-refractivity contribution in [3.63, 3.8) is 0 Å². The van der Waals surface area contributed by atoms with Gasteiger partial charge in [-0.15, -0.1) is 0 Å². The van der Waals surface area contributed by atoms with Gasteiger partial charge in [-0.25, -0.2) is 4.98 Å². The predicted molar refractivity (Wildman–Crippen MR) is 71.4 cm³/mol. The molecule has 0 fully saturated rings. The van der Waals surface area contributed by atoms with E-state index in [1.165, 1.54) is 6.07 Å². The predicted octanol–water partition coefficient (Wildman–Crippen LogP) is 3.25. The van der Waals surface area contributed by atoms with Crippen molar-refractivity contribution >= 4 is 11.6 Å². The third kappa shape index (κ3) is 3.06. The number of ether oxygens (including phenoxy) is 3. The zero-order chi connectivity index (χ0) is 13.8. The van der Waals surface area contributed by atoms with Gasteiger partial charge in [0, 0.05) is 6.07 Å². The van der Waals surface area contributed by atoms with Crippen LogP contribution in [-0.4, -0.2) is 24.2 Å². The highest BCUT2D eigenvalue weighted by molar-refractivity contribution is 6.29. The van der Waals surface area contributed by atoms with Crippen molar-refractivity contribution in [2.45, 2.75) is 6.92 Å². The van der Waals surface area contributed by atoms with Gasteiger partial charge in [0.2, 0.25) is 11.6 Å². The molecule has 0 atom stereocenters. The maximum atomic E-state index is 5.87. The largest absolute Gasteiger partial charge is 0.493 e. The average Bonchev–Trinajstić information content (AvgIpc) is 2.37. The summed E-state index contributed by atoms with van der Waals surface area (Å²) in [6, 6.07) is 6.88. The molecule has 6 heteroatoms. The Hall–Kier alpha value is -2.01. The van der Waals surface area contributed by atoms with Crippen LogP contribution in [0.15, 0.2) is 24.3 Å². The maximum absolute atomic E-state index is 5.87. The van der Waals surface area contributed by atoms with Gasteiger partial charge < -0.3 is 14.2 Å². The first-order chi connectivity index (χ1) is 9.13. The molecule has 19 heavy (non-hydrogen) atoms. The molecule has 0 unspecified atom stereocenters. The molecule has 0 aliphatic heterocycles. The number of hydrogen-bond donors (Lipinski definition) is 0. The molecule has 2 aromatic rings. The van der Waals surface area contributed by atoms with Crippen LogP contribution in [0.25, 0.3) is 0 Å². The third-order valence-electron chi connectivity index (χ3n) is 2.37. The fourth-order valence-electron chi connectivity index (χ4n) is 1.58. The van der Waals surface area contributed by atoms with E-state index in [1.807, 2.05) is 6.07 Å². The second-order valence-electron chi connectivity index (χ2n) is 3.67. The number of halogens is 1. The number of aryl methyl sites for hydroxylation is 1. The van der Waals surface area contributed by atoms with Crippen molar-refractivity contribution in [3.05, 3.63) is 35.2 Å². The van der Waals surface area contributed by atoms with Crippen LogP contribution < -0.4 is 14.2 Å². The van der Waals surface area contributed by atoms with E-state index in [1.54, 1.807) is 33.3 Å². The van der Waals surface area contributed by atoms with Gasteiger partial charge in [-0.05, 0) is 19.1 Å². The van der Waals surface area contributed by atoms with Crippen LogP contribution >= 0.6 is 11.6 Å². The van der Waals surface area contributed by atoms with Gasteiger partial charge in [0.25, 0.3) is 0 Å². The molecule has 1 aromatic heterocycles. The molecule has 0 radical (unpaired) electrons. The van der Waals surface area contributed by atoms with Crippen LogP contribution in [0.5, 0.6) is 23.1 Å². The zero-order valence-corrected chi connectivity index (χ0v) is 11.6. The third-order valence-corrected chi connectivity index (χ3v) is 2.57. The van der Waals surface area contributed by atoms with E-state index < -0.39 is 0 Å². The van der Waals surface area contributed by atoms with Crippen LogP contribution in [0.2, 0.25) is 5.15 Å². The molecule has 0 aliphatic carbocycles. The average molecular weight is 281 g/mol. The SMILES string of the molecule is COc1cccc(OC)c1Oc1cc(Cl)nc(C)n1. The van der Waals surface area contributed by atoms with Gasteiger partial charge in [0.15, 0.2) is 11.5 Å². The summed E-state index contributed by atoms with van der Waals surface area (Å²) in [5.41, 5.74) is 0. The summed E-state index contributed by atoms with van der Waals surface area (Å²) >= 11 is 5.87. The Labute approximate surface area is 116 Å². The number of benzene rings is 1. The smallest absolute Gasteiger partial charge is 0.224 e. The van der Waals surface area contributed by atoms with E-state index in [4.69, 9.17) is 25.8 Å². The number of para-hydroxylation sites is 1. The number of hydrogen-bond acceptors (Lipinski definition) is 5. The molecule has 2 rings (SSSR count). The van der Waals surface area contributed by atoms with Gasteiger partial charge >= 0.3 is 0 Å². The van der Waals surface area contributed by atoms with Crippen LogP contribution in [0.1, 0.15) is 5.82 Å². The summed E-state index contributed by atoms with van der Waals surface area (Å²) in [6.07, 6.45) is 0. The number of rotatable bonds is 4. The Morgan fingerprint density at radius 3 is 2.21 bits per heavy atom. The molecule has 0 aliphatic rings. The maximum Gasteiger partial charge on any atom is 0.224 e. The monoisotopic (exact) mass is 280 g/mol. The Morgan fingerprint density at radius 1 is 1.05 bits per heavy atom. The standard InChI is InChI=1S/C13H13ClN2O3/c1-8-15-11(14)7-12(16-8)19-13-9(17-2)5-4-6-10(13)18-3/h4-7H,1-3H3. The lowest BCUT2D eigenvalue weighted by Gasteiger charge is -2.13. The highest BCUT2D eigenvalue weighted by atomic mass is 35.5. The fourth-order valence-corrected chi connectivity index (χ4v) is 1.80. The lowest BCUT2D eigenvalue weighted by Crippen LogP contribution is -1.97. The molecule has 0 N–H and O–H groups in total. The van der Waals surface area contributed by atoms with Crippen LogP contribution in [-0.2, 0) is 0 Å². The second kappa shape index (κ2) is 5.75. The number of aromatic nitrogens is 2. The van der Waals surface area contributed by atoms with E-state index in [-0.39, 0.29) is 0 Å². The highest BCUT2D eigenvalue weighted by Gasteiger charge is 2.13. The van der Waals surface area contributed by atoms with E-state index >= 15 is 0 Å². The fraction of sp³-hybridized carbons (Fsp3) is 0.231. The molecular formula is C13H13ClN2O3. The molecule has 0 bridgehead atoms. The van der Waals surface area contributed by atoms with Crippen molar-refractivity contribution in [1.29, 1.82) is 0 Å². The minimum absolute atomic E-state index is 0.316. The van der Waals surface area contributed by atoms with E-state index in [0.29, 0.717) is 34.1 Å². The van der Waals surface area contributed by atoms with Crippen LogP contribution in [0.3, 0.4) is 0 Å². The molecule has 0 saturated carbocycles. The van der Waals surface area contributed by atoms with Gasteiger partial charge in [-0.3, -0.25) is 0 Å². The Bertz CT molecular complexity index is 548. The normalized spacial score (nSPS) is 10.1. The Kier molecular flexibility index (Phi) is 4.06. The lowest BCUT2D eigenvalue weighted by molar-refractivity contribution is 0.341.